The number of rotatable bonds is 2. The van der Waals surface area contributed by atoms with Crippen molar-refractivity contribution >= 4 is 19.2 Å². The number of benzene rings is 2. The molecule has 0 bridgehead atoms. The van der Waals surface area contributed by atoms with Crippen LogP contribution in [0.25, 0.3) is 0 Å². The van der Waals surface area contributed by atoms with E-state index in [1.54, 1.807) is 0 Å². The van der Waals surface area contributed by atoms with Gasteiger partial charge in [0.15, 0.2) is 0 Å². The molecule has 0 aliphatic heterocycles. The van der Waals surface area contributed by atoms with Gasteiger partial charge in [-0.25, -0.2) is 0 Å². The summed E-state index contributed by atoms with van der Waals surface area (Å²) in [6.07, 6.45) is 0. The van der Waals surface area contributed by atoms with Crippen molar-refractivity contribution in [1.29, 1.82) is 0 Å². The average molecular weight is 201 g/mol. The van der Waals surface area contributed by atoms with Crippen LogP contribution >= 0.6 is 8.58 Å². The largest absolute Gasteiger partial charge is 0.0942 e. The fourth-order valence-electron chi connectivity index (χ4n) is 1.40. The van der Waals surface area contributed by atoms with Crippen LogP contribution in [0, 0.1) is 6.92 Å². The Morgan fingerprint density at radius 2 is 1.29 bits per heavy atom. The summed E-state index contributed by atoms with van der Waals surface area (Å²) in [6, 6.07) is 19.5. The van der Waals surface area contributed by atoms with Crippen LogP contribution in [0.2, 0.25) is 0 Å². The molecule has 0 saturated carbocycles. The lowest BCUT2D eigenvalue weighted by Gasteiger charge is -1.95. The molecule has 1 unspecified atom stereocenters. The zero-order valence-corrected chi connectivity index (χ0v) is 9.43. The van der Waals surface area contributed by atoms with Gasteiger partial charge in [-0.2, -0.15) is 0 Å². The predicted molar refractivity (Wildman–Crippen MR) is 66.6 cm³/mol. The fourth-order valence-corrected chi connectivity index (χ4v) is 2.59. The third-order valence-electron chi connectivity index (χ3n) is 2.21. The second-order valence-electron chi connectivity index (χ2n) is 3.47. The summed E-state index contributed by atoms with van der Waals surface area (Å²) < 4.78 is 0. The first-order chi connectivity index (χ1) is 6.84. The maximum Gasteiger partial charge on any atom is 0.0942 e. The van der Waals surface area contributed by atoms with Gasteiger partial charge < -0.3 is 0 Å². The number of hydrogen-bond acceptors (Lipinski definition) is 0. The van der Waals surface area contributed by atoms with Crippen molar-refractivity contribution in [3.8, 4) is 0 Å². The lowest BCUT2D eigenvalue weighted by molar-refractivity contribution is 1.49. The Balaban J connectivity index is 2.16. The summed E-state index contributed by atoms with van der Waals surface area (Å²) in [5.41, 5.74) is 1.33. The minimum Gasteiger partial charge on any atom is -0.0620 e. The first kappa shape index (κ1) is 9.43. The molecule has 0 aromatic heterocycles. The van der Waals surface area contributed by atoms with Crippen LogP contribution in [0.3, 0.4) is 0 Å². The standard InChI is InChI=1S/C13H13P/c1-11-7-9-13(10-8-11)14-12-5-3-2-4-6-12/h2-10,14H,1H3/p+1. The summed E-state index contributed by atoms with van der Waals surface area (Å²) in [5, 5.41) is 2.91. The van der Waals surface area contributed by atoms with Gasteiger partial charge in [0.25, 0.3) is 0 Å². The topological polar surface area (TPSA) is 0 Å². The minimum atomic E-state index is 0.261. The first-order valence-electron chi connectivity index (χ1n) is 4.81. The molecule has 0 saturated heterocycles. The molecule has 0 fully saturated rings. The van der Waals surface area contributed by atoms with Gasteiger partial charge >= 0.3 is 0 Å². The van der Waals surface area contributed by atoms with Crippen molar-refractivity contribution < 1.29 is 0 Å². The van der Waals surface area contributed by atoms with E-state index in [1.807, 2.05) is 0 Å². The van der Waals surface area contributed by atoms with Crippen molar-refractivity contribution in [1.82, 2.24) is 0 Å². The minimum absolute atomic E-state index is 0.261. The molecule has 2 rings (SSSR count). The third kappa shape index (κ3) is 2.43. The van der Waals surface area contributed by atoms with Crippen LogP contribution in [0.5, 0.6) is 0 Å². The summed E-state index contributed by atoms with van der Waals surface area (Å²) in [7, 11) is 0.261. The van der Waals surface area contributed by atoms with Gasteiger partial charge in [-0.15, -0.1) is 0 Å². The maximum absolute atomic E-state index is 2.23. The van der Waals surface area contributed by atoms with Crippen molar-refractivity contribution in [2.24, 2.45) is 0 Å². The highest BCUT2D eigenvalue weighted by atomic mass is 31.1. The van der Waals surface area contributed by atoms with E-state index in [2.05, 4.69) is 61.5 Å². The van der Waals surface area contributed by atoms with Crippen molar-refractivity contribution in [2.75, 3.05) is 0 Å². The lowest BCUT2D eigenvalue weighted by atomic mass is 10.2. The van der Waals surface area contributed by atoms with Gasteiger partial charge in [-0.05, 0) is 31.2 Å². The summed E-state index contributed by atoms with van der Waals surface area (Å²) in [5.74, 6) is 0. The van der Waals surface area contributed by atoms with Crippen molar-refractivity contribution in [2.45, 2.75) is 6.92 Å². The van der Waals surface area contributed by atoms with E-state index in [0.717, 1.165) is 0 Å². The molecule has 0 aliphatic rings. The van der Waals surface area contributed by atoms with Crippen LogP contribution in [0.4, 0.5) is 0 Å². The monoisotopic (exact) mass is 201 g/mol. The maximum atomic E-state index is 2.23. The summed E-state index contributed by atoms with van der Waals surface area (Å²) in [4.78, 5) is 0. The fraction of sp³-hybridized carbons (Fsp3) is 0.0769. The Labute approximate surface area is 86.8 Å². The molecule has 14 heavy (non-hydrogen) atoms. The van der Waals surface area contributed by atoms with Gasteiger partial charge in [-0.3, -0.25) is 0 Å². The van der Waals surface area contributed by atoms with Gasteiger partial charge in [-0.1, -0.05) is 35.9 Å². The van der Waals surface area contributed by atoms with E-state index in [-0.39, 0.29) is 8.58 Å². The van der Waals surface area contributed by atoms with Gasteiger partial charge in [0.05, 0.1) is 19.2 Å². The van der Waals surface area contributed by atoms with E-state index in [9.17, 15) is 0 Å². The molecule has 0 N–H and O–H groups in total. The molecule has 2 aromatic carbocycles. The quantitative estimate of drug-likeness (QED) is 0.654. The second kappa shape index (κ2) is 4.39. The average Bonchev–Trinajstić information content (AvgIpc) is 2.23. The molecule has 0 amide bonds. The van der Waals surface area contributed by atoms with E-state index in [4.69, 9.17) is 0 Å². The smallest absolute Gasteiger partial charge is 0.0620 e. The molecule has 0 nitrogen and oxygen atoms in total. The van der Waals surface area contributed by atoms with E-state index in [1.165, 1.54) is 16.2 Å². The first-order valence-corrected chi connectivity index (χ1v) is 5.96. The molecule has 1 atom stereocenters. The Bertz CT molecular complexity index is 389. The van der Waals surface area contributed by atoms with Crippen LogP contribution in [0.1, 0.15) is 5.56 Å². The van der Waals surface area contributed by atoms with Crippen molar-refractivity contribution in [3.05, 3.63) is 60.2 Å². The number of aryl methyl sites for hydroxylation is 1. The SMILES string of the molecule is Cc1ccc([PH2+]c2ccccc2)cc1. The zero-order valence-electron chi connectivity index (χ0n) is 8.27. The summed E-state index contributed by atoms with van der Waals surface area (Å²) >= 11 is 0. The second-order valence-corrected chi connectivity index (χ2v) is 5.09. The van der Waals surface area contributed by atoms with Crippen LogP contribution < -0.4 is 10.6 Å². The predicted octanol–water partition coefficient (Wildman–Crippen LogP) is 2.36. The van der Waals surface area contributed by atoms with Gasteiger partial charge in [0.1, 0.15) is 0 Å². The third-order valence-corrected chi connectivity index (χ3v) is 3.65. The van der Waals surface area contributed by atoms with E-state index < -0.39 is 0 Å². The van der Waals surface area contributed by atoms with Gasteiger partial charge in [0, 0.05) is 0 Å². The molecule has 1 heteroatoms. The Morgan fingerprint density at radius 1 is 0.714 bits per heavy atom. The molecule has 0 aliphatic carbocycles. The molecule has 0 radical (unpaired) electrons. The molecule has 70 valence electrons. The van der Waals surface area contributed by atoms with Gasteiger partial charge in [0.2, 0.25) is 0 Å². The highest BCUT2D eigenvalue weighted by molar-refractivity contribution is 7.55. The van der Waals surface area contributed by atoms with E-state index in [0.29, 0.717) is 0 Å². The van der Waals surface area contributed by atoms with Crippen molar-refractivity contribution in [3.63, 3.8) is 0 Å². The highest BCUT2D eigenvalue weighted by Crippen LogP contribution is 2.10. The molecule has 2 aromatic rings. The lowest BCUT2D eigenvalue weighted by Crippen LogP contribution is -2.01. The molecular formula is C13H14P+. The zero-order chi connectivity index (χ0) is 9.80. The molecule has 0 heterocycles. The Kier molecular flexibility index (Phi) is 2.96. The Hall–Kier alpha value is -1.13. The summed E-state index contributed by atoms with van der Waals surface area (Å²) in [6.45, 7) is 2.13. The van der Waals surface area contributed by atoms with Crippen LogP contribution in [-0.4, -0.2) is 0 Å². The molecule has 0 spiro atoms. The van der Waals surface area contributed by atoms with Crippen LogP contribution in [0.15, 0.2) is 54.6 Å². The highest BCUT2D eigenvalue weighted by Gasteiger charge is 2.01. The van der Waals surface area contributed by atoms with Crippen LogP contribution in [-0.2, 0) is 0 Å². The Morgan fingerprint density at radius 3 is 1.93 bits per heavy atom. The van der Waals surface area contributed by atoms with E-state index >= 15 is 0 Å². The number of hydrogen-bond donors (Lipinski definition) is 0. The normalized spacial score (nSPS) is 10.9. The molecular weight excluding hydrogens is 187 g/mol.